The molecule has 0 aliphatic heterocycles. The SMILES string of the molecule is COCc1nc(-c2ccc(OC)nc2OC)n(-c2ccncc2)n1. The van der Waals surface area contributed by atoms with Gasteiger partial charge in [0.1, 0.15) is 6.61 Å². The first-order chi connectivity index (χ1) is 11.8. The molecule has 0 saturated carbocycles. The van der Waals surface area contributed by atoms with E-state index in [2.05, 4.69) is 20.1 Å². The Morgan fingerprint density at radius 3 is 2.42 bits per heavy atom. The molecular formula is C16H17N5O3. The molecule has 0 unspecified atom stereocenters. The van der Waals surface area contributed by atoms with Gasteiger partial charge in [0.15, 0.2) is 11.6 Å². The van der Waals surface area contributed by atoms with Crippen LogP contribution in [0.3, 0.4) is 0 Å². The van der Waals surface area contributed by atoms with Gasteiger partial charge >= 0.3 is 0 Å². The Labute approximate surface area is 139 Å². The number of aromatic nitrogens is 5. The predicted molar refractivity (Wildman–Crippen MR) is 86.2 cm³/mol. The zero-order chi connectivity index (χ0) is 16.9. The molecule has 24 heavy (non-hydrogen) atoms. The minimum Gasteiger partial charge on any atom is -0.481 e. The minimum atomic E-state index is 0.303. The molecule has 0 atom stereocenters. The summed E-state index contributed by atoms with van der Waals surface area (Å²) in [5, 5.41) is 4.50. The Balaban J connectivity index is 2.16. The normalized spacial score (nSPS) is 10.6. The van der Waals surface area contributed by atoms with Crippen LogP contribution in [0.1, 0.15) is 5.82 Å². The van der Waals surface area contributed by atoms with Crippen molar-refractivity contribution in [2.45, 2.75) is 6.61 Å². The van der Waals surface area contributed by atoms with Crippen LogP contribution in [0.2, 0.25) is 0 Å². The third kappa shape index (κ3) is 3.04. The lowest BCUT2D eigenvalue weighted by Crippen LogP contribution is -2.02. The molecule has 3 aromatic heterocycles. The molecule has 0 aliphatic carbocycles. The van der Waals surface area contributed by atoms with Crippen LogP contribution in [0.4, 0.5) is 0 Å². The van der Waals surface area contributed by atoms with Crippen LogP contribution in [-0.2, 0) is 11.3 Å². The van der Waals surface area contributed by atoms with Gasteiger partial charge in [-0.15, -0.1) is 5.10 Å². The average Bonchev–Trinajstić information content (AvgIpc) is 3.06. The second kappa shape index (κ2) is 7.05. The molecule has 0 spiro atoms. The van der Waals surface area contributed by atoms with Crippen LogP contribution in [0.5, 0.6) is 11.8 Å². The van der Waals surface area contributed by atoms with E-state index in [0.717, 1.165) is 5.69 Å². The second-order valence-electron chi connectivity index (χ2n) is 4.81. The van der Waals surface area contributed by atoms with E-state index in [9.17, 15) is 0 Å². The largest absolute Gasteiger partial charge is 0.481 e. The molecule has 3 rings (SSSR count). The van der Waals surface area contributed by atoms with E-state index in [0.29, 0.717) is 35.6 Å². The molecule has 124 valence electrons. The van der Waals surface area contributed by atoms with Gasteiger partial charge in [-0.3, -0.25) is 4.98 Å². The first-order valence-electron chi connectivity index (χ1n) is 7.21. The zero-order valence-electron chi connectivity index (χ0n) is 13.6. The molecule has 3 aromatic rings. The third-order valence-electron chi connectivity index (χ3n) is 3.31. The van der Waals surface area contributed by atoms with Gasteiger partial charge in [-0.1, -0.05) is 0 Å². The van der Waals surface area contributed by atoms with Crippen molar-refractivity contribution < 1.29 is 14.2 Å². The molecule has 0 aliphatic rings. The third-order valence-corrected chi connectivity index (χ3v) is 3.31. The van der Waals surface area contributed by atoms with Gasteiger partial charge in [-0.25, -0.2) is 9.67 Å². The maximum atomic E-state index is 5.39. The summed E-state index contributed by atoms with van der Waals surface area (Å²) < 4.78 is 17.4. The Bertz CT molecular complexity index is 820. The molecule has 0 N–H and O–H groups in total. The fourth-order valence-corrected chi connectivity index (χ4v) is 2.25. The number of hydrogen-bond donors (Lipinski definition) is 0. The van der Waals surface area contributed by atoms with Crippen LogP contribution in [0, 0.1) is 0 Å². The molecular weight excluding hydrogens is 310 g/mol. The van der Waals surface area contributed by atoms with Crippen molar-refractivity contribution in [2.75, 3.05) is 21.3 Å². The lowest BCUT2D eigenvalue weighted by molar-refractivity contribution is 0.178. The highest BCUT2D eigenvalue weighted by Gasteiger charge is 2.19. The standard InChI is InChI=1S/C16H17N5O3/c1-22-10-13-18-15(21(20-13)11-6-8-17-9-7-11)12-4-5-14(23-2)19-16(12)24-3/h4-9H,10H2,1-3H3. The van der Waals surface area contributed by atoms with Crippen molar-refractivity contribution in [1.29, 1.82) is 0 Å². The van der Waals surface area contributed by atoms with Crippen LogP contribution in [0.15, 0.2) is 36.7 Å². The lowest BCUT2D eigenvalue weighted by atomic mass is 10.2. The summed E-state index contributed by atoms with van der Waals surface area (Å²) in [4.78, 5) is 12.9. The van der Waals surface area contributed by atoms with E-state index >= 15 is 0 Å². The van der Waals surface area contributed by atoms with E-state index < -0.39 is 0 Å². The first-order valence-corrected chi connectivity index (χ1v) is 7.21. The number of rotatable bonds is 6. The van der Waals surface area contributed by atoms with Crippen molar-refractivity contribution in [3.8, 4) is 28.8 Å². The molecule has 0 fully saturated rings. The summed E-state index contributed by atoms with van der Waals surface area (Å²) in [7, 11) is 4.70. The number of methoxy groups -OCH3 is 3. The quantitative estimate of drug-likeness (QED) is 0.683. The zero-order valence-corrected chi connectivity index (χ0v) is 13.6. The molecule has 0 amide bonds. The summed E-state index contributed by atoms with van der Waals surface area (Å²) in [6.45, 7) is 0.303. The highest BCUT2D eigenvalue weighted by Crippen LogP contribution is 2.30. The average molecular weight is 327 g/mol. The topological polar surface area (TPSA) is 84.2 Å². The van der Waals surface area contributed by atoms with Crippen molar-refractivity contribution in [3.63, 3.8) is 0 Å². The van der Waals surface area contributed by atoms with Crippen LogP contribution in [0.25, 0.3) is 17.1 Å². The predicted octanol–water partition coefficient (Wildman–Crippen LogP) is 1.89. The van der Waals surface area contributed by atoms with Gasteiger partial charge in [0, 0.05) is 25.6 Å². The van der Waals surface area contributed by atoms with Gasteiger partial charge in [-0.05, 0) is 18.2 Å². The van der Waals surface area contributed by atoms with Gasteiger partial charge in [0.25, 0.3) is 0 Å². The Morgan fingerprint density at radius 1 is 0.958 bits per heavy atom. The van der Waals surface area contributed by atoms with Crippen molar-refractivity contribution in [1.82, 2.24) is 24.7 Å². The molecule has 0 saturated heterocycles. The highest BCUT2D eigenvalue weighted by molar-refractivity contribution is 5.64. The number of ether oxygens (including phenoxy) is 3. The maximum absolute atomic E-state index is 5.39. The van der Waals surface area contributed by atoms with Crippen molar-refractivity contribution >= 4 is 0 Å². The molecule has 8 heteroatoms. The minimum absolute atomic E-state index is 0.303. The number of hydrogen-bond acceptors (Lipinski definition) is 7. The number of nitrogens with zero attached hydrogens (tertiary/aromatic N) is 5. The van der Waals surface area contributed by atoms with Gasteiger partial charge < -0.3 is 14.2 Å². The molecule has 0 bridgehead atoms. The van der Waals surface area contributed by atoms with Crippen LogP contribution >= 0.6 is 0 Å². The second-order valence-corrected chi connectivity index (χ2v) is 4.81. The van der Waals surface area contributed by atoms with Crippen LogP contribution < -0.4 is 9.47 Å². The summed E-state index contributed by atoms with van der Waals surface area (Å²) in [6.07, 6.45) is 3.39. The summed E-state index contributed by atoms with van der Waals surface area (Å²) in [5.41, 5.74) is 1.53. The monoisotopic (exact) mass is 327 g/mol. The number of pyridine rings is 2. The van der Waals surface area contributed by atoms with E-state index in [1.807, 2.05) is 18.2 Å². The summed E-state index contributed by atoms with van der Waals surface area (Å²) >= 11 is 0. The van der Waals surface area contributed by atoms with Gasteiger partial charge in [0.05, 0.1) is 25.5 Å². The van der Waals surface area contributed by atoms with E-state index in [1.54, 1.807) is 44.5 Å². The van der Waals surface area contributed by atoms with E-state index in [1.165, 1.54) is 0 Å². The molecule has 8 nitrogen and oxygen atoms in total. The smallest absolute Gasteiger partial charge is 0.227 e. The van der Waals surface area contributed by atoms with Gasteiger partial charge in [0.2, 0.25) is 11.8 Å². The fourth-order valence-electron chi connectivity index (χ4n) is 2.25. The first kappa shape index (κ1) is 15.9. The Kier molecular flexibility index (Phi) is 4.66. The maximum Gasteiger partial charge on any atom is 0.227 e. The summed E-state index contributed by atoms with van der Waals surface area (Å²) in [5.74, 6) is 2.02. The molecule has 3 heterocycles. The fraction of sp³-hybridized carbons (Fsp3) is 0.250. The molecule has 0 radical (unpaired) electrons. The van der Waals surface area contributed by atoms with Crippen molar-refractivity contribution in [3.05, 3.63) is 42.5 Å². The lowest BCUT2D eigenvalue weighted by Gasteiger charge is -2.10. The Hall–Kier alpha value is -3.00. The Morgan fingerprint density at radius 2 is 1.75 bits per heavy atom. The van der Waals surface area contributed by atoms with Gasteiger partial charge in [-0.2, -0.15) is 4.98 Å². The summed E-state index contributed by atoms with van der Waals surface area (Å²) in [6, 6.07) is 7.28. The van der Waals surface area contributed by atoms with Crippen LogP contribution in [-0.4, -0.2) is 46.1 Å². The van der Waals surface area contributed by atoms with E-state index in [4.69, 9.17) is 14.2 Å². The molecule has 0 aromatic carbocycles. The van der Waals surface area contributed by atoms with E-state index in [-0.39, 0.29) is 0 Å². The van der Waals surface area contributed by atoms with Crippen molar-refractivity contribution in [2.24, 2.45) is 0 Å². The highest BCUT2D eigenvalue weighted by atomic mass is 16.5.